The number of fused-ring (bicyclic) bond motifs is 1. The zero-order chi connectivity index (χ0) is 12.3. The van der Waals surface area contributed by atoms with Gasteiger partial charge in [-0.15, -0.1) is 0 Å². The summed E-state index contributed by atoms with van der Waals surface area (Å²) in [5.74, 6) is -0.389. The monoisotopic (exact) mass is 226 g/mol. The average molecular weight is 226 g/mol. The number of rotatable bonds is 2. The number of aromatic amines is 1. The molecular formula is C12H10N4O. The second kappa shape index (κ2) is 4.49. The molecule has 2 rings (SSSR count). The van der Waals surface area contributed by atoms with Gasteiger partial charge < -0.3 is 5.32 Å². The van der Waals surface area contributed by atoms with Crippen molar-refractivity contribution in [3.05, 3.63) is 35.5 Å². The molecule has 0 saturated heterocycles. The van der Waals surface area contributed by atoms with Crippen LogP contribution < -0.4 is 5.32 Å². The highest BCUT2D eigenvalue weighted by atomic mass is 16.1. The van der Waals surface area contributed by atoms with Gasteiger partial charge in [0.05, 0.1) is 11.7 Å². The van der Waals surface area contributed by atoms with Crippen LogP contribution in [-0.4, -0.2) is 23.2 Å². The fourth-order valence-electron chi connectivity index (χ4n) is 1.50. The summed E-state index contributed by atoms with van der Waals surface area (Å²) in [7, 11) is 1.49. The van der Waals surface area contributed by atoms with E-state index in [0.717, 1.165) is 16.5 Å². The molecule has 0 aliphatic rings. The van der Waals surface area contributed by atoms with Crippen LogP contribution in [0.1, 0.15) is 5.56 Å². The van der Waals surface area contributed by atoms with E-state index in [2.05, 4.69) is 15.5 Å². The molecule has 0 aliphatic carbocycles. The Morgan fingerprint density at radius 2 is 2.41 bits per heavy atom. The quantitative estimate of drug-likeness (QED) is 0.596. The first-order chi connectivity index (χ1) is 8.24. The molecule has 2 N–H and O–H groups in total. The van der Waals surface area contributed by atoms with Gasteiger partial charge in [-0.05, 0) is 23.8 Å². The lowest BCUT2D eigenvalue weighted by Gasteiger charge is -1.97. The van der Waals surface area contributed by atoms with Gasteiger partial charge in [0.25, 0.3) is 5.91 Å². The molecule has 0 aliphatic heterocycles. The summed E-state index contributed by atoms with van der Waals surface area (Å²) >= 11 is 0. The molecule has 5 nitrogen and oxygen atoms in total. The minimum Gasteiger partial charge on any atom is -0.354 e. The Hall–Kier alpha value is -2.61. The van der Waals surface area contributed by atoms with Gasteiger partial charge in [0.2, 0.25) is 0 Å². The van der Waals surface area contributed by atoms with Crippen molar-refractivity contribution in [2.24, 2.45) is 0 Å². The van der Waals surface area contributed by atoms with E-state index in [1.165, 1.54) is 7.05 Å². The average Bonchev–Trinajstić information content (AvgIpc) is 2.82. The molecule has 1 heterocycles. The van der Waals surface area contributed by atoms with Gasteiger partial charge in [0.15, 0.2) is 0 Å². The maximum atomic E-state index is 11.3. The van der Waals surface area contributed by atoms with Gasteiger partial charge in [-0.25, -0.2) is 0 Å². The van der Waals surface area contributed by atoms with E-state index in [4.69, 9.17) is 5.26 Å². The predicted octanol–water partition coefficient (Wildman–Crippen LogP) is 1.22. The number of aromatic nitrogens is 2. The zero-order valence-electron chi connectivity index (χ0n) is 9.19. The summed E-state index contributed by atoms with van der Waals surface area (Å²) in [4.78, 5) is 11.3. The van der Waals surface area contributed by atoms with E-state index in [0.29, 0.717) is 0 Å². The number of carbonyl (C=O) groups excluding carboxylic acids is 1. The molecule has 0 radical (unpaired) electrons. The smallest absolute Gasteiger partial charge is 0.261 e. The molecule has 2 aromatic rings. The first-order valence-corrected chi connectivity index (χ1v) is 5.01. The third-order valence-electron chi connectivity index (χ3n) is 2.37. The van der Waals surface area contributed by atoms with Gasteiger partial charge in [-0.2, -0.15) is 10.4 Å². The van der Waals surface area contributed by atoms with Crippen LogP contribution in [0.3, 0.4) is 0 Å². The topological polar surface area (TPSA) is 81.6 Å². The zero-order valence-corrected chi connectivity index (χ0v) is 9.19. The number of hydrogen-bond donors (Lipinski definition) is 2. The Labute approximate surface area is 97.7 Å². The maximum absolute atomic E-state index is 11.3. The molecule has 1 aromatic heterocycles. The van der Waals surface area contributed by atoms with E-state index in [-0.39, 0.29) is 11.5 Å². The van der Waals surface area contributed by atoms with Crippen molar-refractivity contribution in [3.63, 3.8) is 0 Å². The van der Waals surface area contributed by atoms with Crippen molar-refractivity contribution in [1.29, 1.82) is 5.26 Å². The molecule has 1 aromatic carbocycles. The third kappa shape index (κ3) is 2.16. The molecule has 0 saturated carbocycles. The lowest BCUT2D eigenvalue weighted by atomic mass is 10.1. The number of benzene rings is 1. The molecule has 17 heavy (non-hydrogen) atoms. The number of nitrogens with zero attached hydrogens (tertiary/aromatic N) is 2. The first-order valence-electron chi connectivity index (χ1n) is 5.01. The fourth-order valence-corrected chi connectivity index (χ4v) is 1.50. The molecule has 0 fully saturated rings. The highest BCUT2D eigenvalue weighted by Gasteiger charge is 2.06. The number of nitriles is 1. The third-order valence-corrected chi connectivity index (χ3v) is 2.37. The van der Waals surface area contributed by atoms with Crippen molar-refractivity contribution in [2.75, 3.05) is 7.05 Å². The summed E-state index contributed by atoms with van der Waals surface area (Å²) < 4.78 is 0. The van der Waals surface area contributed by atoms with Crippen LogP contribution in [0.15, 0.2) is 30.0 Å². The highest BCUT2D eigenvalue weighted by molar-refractivity contribution is 6.01. The number of hydrogen-bond acceptors (Lipinski definition) is 3. The van der Waals surface area contributed by atoms with Crippen LogP contribution in [0.25, 0.3) is 17.0 Å². The van der Waals surface area contributed by atoms with E-state index < -0.39 is 0 Å². The van der Waals surface area contributed by atoms with Crippen molar-refractivity contribution in [2.45, 2.75) is 0 Å². The fraction of sp³-hybridized carbons (Fsp3) is 0.0833. The van der Waals surface area contributed by atoms with E-state index in [1.807, 2.05) is 24.3 Å². The summed E-state index contributed by atoms with van der Waals surface area (Å²) in [6.07, 6.45) is 3.24. The molecule has 1 amide bonds. The SMILES string of the molecule is CNC(=O)/C(C#N)=C\c1ccc2[nH]ncc2c1. The largest absolute Gasteiger partial charge is 0.354 e. The predicted molar refractivity (Wildman–Crippen MR) is 63.8 cm³/mol. The van der Waals surface area contributed by atoms with Crippen LogP contribution in [0, 0.1) is 11.3 Å². The Morgan fingerprint density at radius 1 is 1.59 bits per heavy atom. The lowest BCUT2D eigenvalue weighted by molar-refractivity contribution is -0.116. The summed E-state index contributed by atoms with van der Waals surface area (Å²) in [5, 5.41) is 19.0. The summed E-state index contributed by atoms with van der Waals surface area (Å²) in [5.41, 5.74) is 1.79. The molecule has 0 unspecified atom stereocenters. The second-order valence-corrected chi connectivity index (χ2v) is 3.47. The Morgan fingerprint density at radius 3 is 3.12 bits per heavy atom. The van der Waals surface area contributed by atoms with Crippen LogP contribution in [0.5, 0.6) is 0 Å². The van der Waals surface area contributed by atoms with Crippen molar-refractivity contribution >= 4 is 22.9 Å². The van der Waals surface area contributed by atoms with Gasteiger partial charge in [-0.3, -0.25) is 9.89 Å². The van der Waals surface area contributed by atoms with Crippen LogP contribution >= 0.6 is 0 Å². The van der Waals surface area contributed by atoms with Crippen molar-refractivity contribution in [3.8, 4) is 6.07 Å². The summed E-state index contributed by atoms with van der Waals surface area (Å²) in [6.45, 7) is 0. The van der Waals surface area contributed by atoms with Crippen molar-refractivity contribution < 1.29 is 4.79 Å². The van der Waals surface area contributed by atoms with E-state index in [1.54, 1.807) is 12.3 Å². The summed E-state index contributed by atoms with van der Waals surface area (Å²) in [6, 6.07) is 7.40. The van der Waals surface area contributed by atoms with E-state index >= 15 is 0 Å². The molecular weight excluding hydrogens is 216 g/mol. The van der Waals surface area contributed by atoms with Crippen molar-refractivity contribution in [1.82, 2.24) is 15.5 Å². The number of carbonyl (C=O) groups is 1. The normalized spacial score (nSPS) is 11.2. The van der Waals surface area contributed by atoms with Crippen LogP contribution in [-0.2, 0) is 4.79 Å². The molecule has 0 spiro atoms. The van der Waals surface area contributed by atoms with Crippen LogP contribution in [0.2, 0.25) is 0 Å². The van der Waals surface area contributed by atoms with Gasteiger partial charge in [0.1, 0.15) is 11.6 Å². The number of amides is 1. The number of H-pyrrole nitrogens is 1. The minimum atomic E-state index is -0.389. The Bertz CT molecular complexity index is 633. The molecule has 0 bridgehead atoms. The highest BCUT2D eigenvalue weighted by Crippen LogP contribution is 2.15. The standard InChI is InChI=1S/C12H10N4O/c1-14-12(17)9(6-13)4-8-2-3-11-10(5-8)7-15-16-11/h2-5,7H,1H3,(H,14,17)(H,15,16)/b9-4-. The minimum absolute atomic E-state index is 0.0790. The van der Waals surface area contributed by atoms with E-state index in [9.17, 15) is 4.79 Å². The van der Waals surface area contributed by atoms with Crippen LogP contribution in [0.4, 0.5) is 0 Å². The van der Waals surface area contributed by atoms with Gasteiger partial charge >= 0.3 is 0 Å². The number of nitrogens with one attached hydrogen (secondary N) is 2. The number of likely N-dealkylation sites (N-methyl/N-ethyl adjacent to an activating group) is 1. The second-order valence-electron chi connectivity index (χ2n) is 3.47. The maximum Gasteiger partial charge on any atom is 0.261 e. The molecule has 0 atom stereocenters. The lowest BCUT2D eigenvalue weighted by Crippen LogP contribution is -2.19. The Kier molecular flexibility index (Phi) is 2.88. The first kappa shape index (κ1) is 10.9. The molecule has 84 valence electrons. The van der Waals surface area contributed by atoms with Gasteiger partial charge in [0, 0.05) is 12.4 Å². The Balaban J connectivity index is 2.43. The molecule has 5 heteroatoms. The van der Waals surface area contributed by atoms with Gasteiger partial charge in [-0.1, -0.05) is 6.07 Å².